The van der Waals surface area contributed by atoms with E-state index in [4.69, 9.17) is 0 Å². The van der Waals surface area contributed by atoms with E-state index in [1.54, 1.807) is 0 Å². The molecule has 0 radical (unpaired) electrons. The van der Waals surface area contributed by atoms with Gasteiger partial charge in [-0.1, -0.05) is 27.2 Å². The van der Waals surface area contributed by atoms with Gasteiger partial charge in [-0.3, -0.25) is 4.90 Å². The highest BCUT2D eigenvalue weighted by Crippen LogP contribution is 2.30. The third kappa shape index (κ3) is 6.19. The fourth-order valence-electron chi connectivity index (χ4n) is 2.57. The van der Waals surface area contributed by atoms with Crippen molar-refractivity contribution in [2.24, 2.45) is 5.92 Å². The fraction of sp³-hybridized carbons (Fsp3) is 1.00. The molecule has 1 unspecified atom stereocenters. The van der Waals surface area contributed by atoms with Crippen molar-refractivity contribution in [2.45, 2.75) is 84.8 Å². The smallest absolute Gasteiger partial charge is 0.0223 e. The summed E-state index contributed by atoms with van der Waals surface area (Å²) in [6.45, 7) is 16.2. The Hall–Kier alpha value is -0.0800. The minimum Gasteiger partial charge on any atom is -0.311 e. The molecule has 2 nitrogen and oxygen atoms in total. The number of hydrogen-bond acceptors (Lipinski definition) is 2. The normalized spacial score (nSPS) is 18.7. The van der Waals surface area contributed by atoms with Crippen molar-refractivity contribution in [2.75, 3.05) is 13.1 Å². The molecule has 1 N–H and O–H groups in total. The summed E-state index contributed by atoms with van der Waals surface area (Å²) in [5, 5.41) is 3.70. The molecule has 0 heterocycles. The van der Waals surface area contributed by atoms with Crippen LogP contribution in [0.3, 0.4) is 0 Å². The first kappa shape index (κ1) is 16.0. The van der Waals surface area contributed by atoms with Crippen LogP contribution in [0.5, 0.6) is 0 Å². The lowest BCUT2D eigenvalue weighted by molar-refractivity contribution is 0.146. The Bertz CT molecular complexity index is 226. The first-order chi connectivity index (χ1) is 8.33. The van der Waals surface area contributed by atoms with E-state index in [1.165, 1.54) is 32.2 Å². The second kappa shape index (κ2) is 6.91. The molecule has 1 saturated carbocycles. The monoisotopic (exact) mass is 254 g/mol. The molecule has 0 aromatic rings. The summed E-state index contributed by atoms with van der Waals surface area (Å²) in [6.07, 6.45) is 5.45. The van der Waals surface area contributed by atoms with Gasteiger partial charge < -0.3 is 5.32 Å². The van der Waals surface area contributed by atoms with Gasteiger partial charge in [-0.05, 0) is 46.0 Å². The van der Waals surface area contributed by atoms with Gasteiger partial charge in [0.15, 0.2) is 0 Å². The first-order valence-electron chi connectivity index (χ1n) is 7.84. The molecular formula is C16H34N2. The van der Waals surface area contributed by atoms with Crippen molar-refractivity contribution in [1.82, 2.24) is 10.2 Å². The largest absolute Gasteiger partial charge is 0.311 e. The van der Waals surface area contributed by atoms with Crippen LogP contribution in [0, 0.1) is 5.92 Å². The molecule has 0 saturated heterocycles. The molecule has 1 aliphatic rings. The number of rotatable bonds is 8. The van der Waals surface area contributed by atoms with E-state index in [0.717, 1.165) is 24.5 Å². The van der Waals surface area contributed by atoms with E-state index in [-0.39, 0.29) is 5.54 Å². The van der Waals surface area contributed by atoms with E-state index in [1.807, 2.05) is 0 Å². The van der Waals surface area contributed by atoms with Gasteiger partial charge in [-0.15, -0.1) is 0 Å². The lowest BCUT2D eigenvalue weighted by atomic mass is 10.0. The minimum atomic E-state index is 0.235. The van der Waals surface area contributed by atoms with Crippen LogP contribution in [0.1, 0.15) is 67.2 Å². The number of nitrogens with one attached hydrogen (secondary N) is 1. The Morgan fingerprint density at radius 1 is 1.22 bits per heavy atom. The lowest BCUT2D eigenvalue weighted by Crippen LogP contribution is -2.49. The molecule has 0 aliphatic heterocycles. The van der Waals surface area contributed by atoms with Crippen molar-refractivity contribution in [3.8, 4) is 0 Å². The molecule has 0 spiro atoms. The number of hydrogen-bond donors (Lipinski definition) is 1. The fourth-order valence-corrected chi connectivity index (χ4v) is 2.57. The Balaban J connectivity index is 2.55. The third-order valence-electron chi connectivity index (χ3n) is 3.55. The highest BCUT2D eigenvalue weighted by Gasteiger charge is 2.33. The molecule has 0 aromatic carbocycles. The SMILES string of the molecule is CCCC(CNC(C)(C)C)N(CC(C)C)C1CC1. The molecule has 1 fully saturated rings. The molecule has 18 heavy (non-hydrogen) atoms. The van der Waals surface area contributed by atoms with Gasteiger partial charge >= 0.3 is 0 Å². The molecule has 0 bridgehead atoms. The second-order valence-electron chi connectivity index (χ2n) is 7.40. The van der Waals surface area contributed by atoms with Crippen molar-refractivity contribution < 1.29 is 0 Å². The highest BCUT2D eigenvalue weighted by molar-refractivity contribution is 4.90. The van der Waals surface area contributed by atoms with Crippen molar-refractivity contribution in [3.05, 3.63) is 0 Å². The van der Waals surface area contributed by atoms with Crippen LogP contribution in [0.4, 0.5) is 0 Å². The van der Waals surface area contributed by atoms with Gasteiger partial charge in [0.2, 0.25) is 0 Å². The summed E-state index contributed by atoms with van der Waals surface area (Å²) in [5.41, 5.74) is 0.235. The van der Waals surface area contributed by atoms with Gasteiger partial charge in [-0.25, -0.2) is 0 Å². The second-order valence-corrected chi connectivity index (χ2v) is 7.40. The summed E-state index contributed by atoms with van der Waals surface area (Å²) < 4.78 is 0. The molecule has 108 valence electrons. The third-order valence-corrected chi connectivity index (χ3v) is 3.55. The zero-order chi connectivity index (χ0) is 13.8. The van der Waals surface area contributed by atoms with E-state index >= 15 is 0 Å². The van der Waals surface area contributed by atoms with Crippen molar-refractivity contribution in [1.29, 1.82) is 0 Å². The van der Waals surface area contributed by atoms with Crippen LogP contribution < -0.4 is 5.32 Å². The average molecular weight is 254 g/mol. The molecule has 1 rings (SSSR count). The molecule has 1 atom stereocenters. The predicted molar refractivity (Wildman–Crippen MR) is 81.0 cm³/mol. The minimum absolute atomic E-state index is 0.235. The summed E-state index contributed by atoms with van der Waals surface area (Å²) in [7, 11) is 0. The molecule has 0 amide bonds. The van der Waals surface area contributed by atoms with Gasteiger partial charge in [0, 0.05) is 30.7 Å². The summed E-state index contributed by atoms with van der Waals surface area (Å²) in [5.74, 6) is 0.777. The molecular weight excluding hydrogens is 220 g/mol. The standard InChI is InChI=1S/C16H34N2/c1-7-8-15(11-17-16(4,5)6)18(12-13(2)3)14-9-10-14/h13-15,17H,7-12H2,1-6H3. The Morgan fingerprint density at radius 2 is 1.83 bits per heavy atom. The Kier molecular flexibility index (Phi) is 6.13. The average Bonchev–Trinajstić information content (AvgIpc) is 3.03. The molecule has 1 aliphatic carbocycles. The number of nitrogens with zero attached hydrogens (tertiary/aromatic N) is 1. The maximum absolute atomic E-state index is 3.70. The van der Waals surface area contributed by atoms with Gasteiger partial charge in [0.1, 0.15) is 0 Å². The van der Waals surface area contributed by atoms with E-state index in [0.29, 0.717) is 0 Å². The zero-order valence-electron chi connectivity index (χ0n) is 13.4. The Morgan fingerprint density at radius 3 is 2.22 bits per heavy atom. The van der Waals surface area contributed by atoms with Crippen LogP contribution in [0.15, 0.2) is 0 Å². The maximum atomic E-state index is 3.70. The topological polar surface area (TPSA) is 15.3 Å². The Labute approximate surface area is 115 Å². The summed E-state index contributed by atoms with van der Waals surface area (Å²) in [6, 6.07) is 1.61. The first-order valence-corrected chi connectivity index (χ1v) is 7.84. The maximum Gasteiger partial charge on any atom is 0.0223 e. The van der Waals surface area contributed by atoms with Crippen molar-refractivity contribution >= 4 is 0 Å². The van der Waals surface area contributed by atoms with E-state index in [9.17, 15) is 0 Å². The van der Waals surface area contributed by atoms with Crippen LogP contribution in [0.2, 0.25) is 0 Å². The molecule has 2 heteroatoms. The van der Waals surface area contributed by atoms with Crippen molar-refractivity contribution in [3.63, 3.8) is 0 Å². The zero-order valence-corrected chi connectivity index (χ0v) is 13.4. The predicted octanol–water partition coefficient (Wildman–Crippen LogP) is 3.66. The van der Waals surface area contributed by atoms with Gasteiger partial charge in [0.25, 0.3) is 0 Å². The van der Waals surface area contributed by atoms with Gasteiger partial charge in [-0.2, -0.15) is 0 Å². The molecule has 0 aromatic heterocycles. The lowest BCUT2D eigenvalue weighted by Gasteiger charge is -2.35. The van der Waals surface area contributed by atoms with Crippen LogP contribution in [0.25, 0.3) is 0 Å². The van der Waals surface area contributed by atoms with E-state index < -0.39 is 0 Å². The summed E-state index contributed by atoms with van der Waals surface area (Å²) in [4.78, 5) is 2.78. The quantitative estimate of drug-likeness (QED) is 0.711. The van der Waals surface area contributed by atoms with Crippen LogP contribution in [-0.2, 0) is 0 Å². The summed E-state index contributed by atoms with van der Waals surface area (Å²) >= 11 is 0. The highest BCUT2D eigenvalue weighted by atomic mass is 15.2. The van der Waals surface area contributed by atoms with Crippen LogP contribution in [-0.4, -0.2) is 35.6 Å². The van der Waals surface area contributed by atoms with Crippen LogP contribution >= 0.6 is 0 Å². The van der Waals surface area contributed by atoms with Gasteiger partial charge in [0.05, 0.1) is 0 Å². The van der Waals surface area contributed by atoms with E-state index in [2.05, 4.69) is 51.8 Å².